The van der Waals surface area contributed by atoms with Crippen molar-refractivity contribution in [3.8, 4) is 11.4 Å². The van der Waals surface area contributed by atoms with Crippen molar-refractivity contribution in [2.75, 3.05) is 26.4 Å². The summed E-state index contributed by atoms with van der Waals surface area (Å²) >= 11 is 0. The van der Waals surface area contributed by atoms with Crippen molar-refractivity contribution in [3.63, 3.8) is 0 Å². The van der Waals surface area contributed by atoms with E-state index in [9.17, 15) is 53.1 Å². The van der Waals surface area contributed by atoms with Gasteiger partial charge >= 0.3 is 5.97 Å². The molecule has 0 unspecified atom stereocenters. The second kappa shape index (κ2) is 26.2. The molecule has 1 aliphatic carbocycles. The summed E-state index contributed by atoms with van der Waals surface area (Å²) in [6.07, 6.45) is 6.45. The van der Waals surface area contributed by atoms with Crippen LogP contribution in [-0.4, -0.2) is 111 Å². The Kier molecular flexibility index (Phi) is 19.2. The number of rotatable bonds is 29. The molecular formula is C60H71N7O13. The van der Waals surface area contributed by atoms with Gasteiger partial charge in [0, 0.05) is 73.7 Å². The number of aromatic nitrogens is 2. The largest absolute Gasteiger partial charge is 0.458 e. The maximum absolute atomic E-state index is 14.1. The van der Waals surface area contributed by atoms with Gasteiger partial charge in [0.25, 0.3) is 17.4 Å². The number of benzene rings is 2. The average Bonchev–Trinajstić information content (AvgIpc) is 4.18. The monoisotopic (exact) mass is 1100 g/mol. The third-order valence-electron chi connectivity index (χ3n) is 16.0. The predicted molar refractivity (Wildman–Crippen MR) is 293 cm³/mol. The van der Waals surface area contributed by atoms with E-state index in [-0.39, 0.29) is 136 Å². The fraction of sp³-hybridized carbons (Fsp3) is 0.483. The number of imide groups is 1. The predicted octanol–water partition coefficient (Wildman–Crippen LogP) is 4.30. The van der Waals surface area contributed by atoms with Crippen molar-refractivity contribution in [1.29, 1.82) is 0 Å². The molecule has 5 amide bonds. The van der Waals surface area contributed by atoms with Crippen LogP contribution in [0.4, 0.5) is 0 Å². The van der Waals surface area contributed by atoms with Crippen LogP contribution >= 0.6 is 0 Å². The van der Waals surface area contributed by atoms with Crippen LogP contribution in [0.25, 0.3) is 22.3 Å². The first kappa shape index (κ1) is 58.6. The molecule has 0 spiro atoms. The van der Waals surface area contributed by atoms with Gasteiger partial charge in [-0.3, -0.25) is 48.1 Å². The van der Waals surface area contributed by atoms with Gasteiger partial charge < -0.3 is 40.8 Å². The number of aliphatic hydroxyl groups is 1. The fourth-order valence-corrected chi connectivity index (χ4v) is 11.4. The zero-order valence-electron chi connectivity index (χ0n) is 45.7. The second-order valence-electron chi connectivity index (χ2n) is 21.3. The summed E-state index contributed by atoms with van der Waals surface area (Å²) in [6, 6.07) is 10.9. The lowest BCUT2D eigenvalue weighted by Crippen LogP contribution is -2.44. The minimum Gasteiger partial charge on any atom is -0.458 e. The summed E-state index contributed by atoms with van der Waals surface area (Å²) in [5, 5.41) is 20.6. The molecule has 0 radical (unpaired) electrons. The number of hydrogen-bond donors (Lipinski definition) is 5. The summed E-state index contributed by atoms with van der Waals surface area (Å²) in [4.78, 5) is 137. The quantitative estimate of drug-likeness (QED) is 0.0193. The molecule has 0 fully saturated rings. The van der Waals surface area contributed by atoms with Crippen LogP contribution in [0.15, 0.2) is 59.4 Å². The van der Waals surface area contributed by atoms with Crippen LogP contribution in [0.2, 0.25) is 0 Å². The first-order valence-corrected chi connectivity index (χ1v) is 27.8. The summed E-state index contributed by atoms with van der Waals surface area (Å²) in [5.41, 5.74) is 11.4. The van der Waals surface area contributed by atoms with Crippen molar-refractivity contribution in [2.45, 2.75) is 160 Å². The van der Waals surface area contributed by atoms with Crippen molar-refractivity contribution in [1.82, 2.24) is 30.4 Å². The Bertz CT molecular complexity index is 3190. The smallest absolute Gasteiger partial charge is 0.343 e. The summed E-state index contributed by atoms with van der Waals surface area (Å²) in [6.45, 7) is 5.75. The number of unbranched alkanes of at least 4 members (excludes halogenated alkanes) is 3. The molecule has 0 saturated carbocycles. The molecule has 4 atom stereocenters. The van der Waals surface area contributed by atoms with E-state index >= 15 is 0 Å². The Balaban J connectivity index is 0.825. The number of aryl methyl sites for hydroxylation is 2. The Morgan fingerprint density at radius 1 is 0.838 bits per heavy atom. The normalized spacial score (nSPS) is 17.6. The molecule has 6 N–H and O–H groups in total. The van der Waals surface area contributed by atoms with Crippen LogP contribution in [-0.2, 0) is 84.2 Å². The number of cyclic esters (lactones) is 1. The lowest BCUT2D eigenvalue weighted by atomic mass is 9.76. The number of carbonyl (C=O) groups is 9. The number of amides is 5. The molecular weight excluding hydrogens is 1030 g/mol. The number of nitrogens with one attached hydrogen (secondary N) is 3. The van der Waals surface area contributed by atoms with E-state index in [4.69, 9.17) is 20.2 Å². The summed E-state index contributed by atoms with van der Waals surface area (Å²) < 4.78 is 12.5. The van der Waals surface area contributed by atoms with Crippen molar-refractivity contribution in [2.24, 2.45) is 5.73 Å². The lowest BCUT2D eigenvalue weighted by Gasteiger charge is -2.31. The standard InChI is InChI=1S/C60H71N7O13/c1-4-60(78)43-30-47-57-41(31-67(47)58(76)42(43)33-80-59(60)77)55-38(17-18-40-36(3)35(2)27-46(65-57)56(40)55)29-39(68)32-79-34-62-50(71)21-19-49(70)45(28-37-13-7-5-8-14-37)64-52(73)22-20-48(69)44(15-10-11-25-61)63-51(72)16-9-6-12-26-66-53(74)23-24-54(66)75/h5,7-8,13-14,23-24,27,30,38,44-45,78H,4,6,9-12,15-22,25-26,28-29,31-34,61H2,1-3H3,(H,62,71)(H,63,72)(H,64,73)/t38-,44+,45+,60+/m1/s1. The lowest BCUT2D eigenvalue weighted by molar-refractivity contribution is -0.172. The fourth-order valence-electron chi connectivity index (χ4n) is 11.4. The number of pyridine rings is 2. The van der Waals surface area contributed by atoms with Crippen LogP contribution in [0.5, 0.6) is 0 Å². The van der Waals surface area contributed by atoms with Crippen LogP contribution in [0.1, 0.15) is 147 Å². The topological polar surface area (TPSA) is 293 Å². The first-order chi connectivity index (χ1) is 38.4. The molecule has 5 heterocycles. The Hall–Kier alpha value is -7.55. The molecule has 80 heavy (non-hydrogen) atoms. The number of nitrogens with two attached hydrogens (primary N) is 1. The van der Waals surface area contributed by atoms with Gasteiger partial charge in [-0.25, -0.2) is 9.78 Å². The highest BCUT2D eigenvalue weighted by atomic mass is 16.6. The first-order valence-electron chi connectivity index (χ1n) is 27.8. The molecule has 4 aliphatic rings. The van der Waals surface area contributed by atoms with Gasteiger partial charge in [-0.2, -0.15) is 0 Å². The van der Waals surface area contributed by atoms with Gasteiger partial charge in [-0.05, 0) is 124 Å². The molecule has 2 aromatic carbocycles. The number of ether oxygens (including phenoxy) is 2. The van der Waals surface area contributed by atoms with Crippen molar-refractivity contribution in [3.05, 3.63) is 109 Å². The average molecular weight is 1100 g/mol. The van der Waals surface area contributed by atoms with E-state index in [2.05, 4.69) is 22.9 Å². The van der Waals surface area contributed by atoms with Gasteiger partial charge in [0.15, 0.2) is 23.0 Å². The molecule has 20 nitrogen and oxygen atoms in total. The second-order valence-corrected chi connectivity index (χ2v) is 21.3. The maximum Gasteiger partial charge on any atom is 0.343 e. The van der Waals surface area contributed by atoms with Gasteiger partial charge in [0.05, 0.1) is 41.1 Å². The Morgan fingerprint density at radius 2 is 1.54 bits per heavy atom. The van der Waals surface area contributed by atoms with E-state index in [0.717, 1.165) is 49.2 Å². The number of esters is 1. The highest BCUT2D eigenvalue weighted by molar-refractivity contribution is 6.12. The molecule has 2 aromatic heterocycles. The number of nitrogens with zero attached hydrogens (tertiary/aromatic N) is 3. The number of Topliss-reactive ketones (excluding diaryl/α,β-unsaturated/α-hetero) is 3. The summed E-state index contributed by atoms with van der Waals surface area (Å²) in [5.74, 6) is -4.12. The van der Waals surface area contributed by atoms with Crippen molar-refractivity contribution >= 4 is 63.8 Å². The summed E-state index contributed by atoms with van der Waals surface area (Å²) in [7, 11) is 0. The molecule has 0 saturated heterocycles. The molecule has 424 valence electrons. The third-order valence-corrected chi connectivity index (χ3v) is 16.0. The number of hydrogen-bond acceptors (Lipinski definition) is 15. The molecule has 4 aromatic rings. The third kappa shape index (κ3) is 13.2. The zero-order valence-corrected chi connectivity index (χ0v) is 45.7. The van der Waals surface area contributed by atoms with Gasteiger partial charge in [0.2, 0.25) is 17.7 Å². The van der Waals surface area contributed by atoms with E-state index in [0.29, 0.717) is 69.3 Å². The van der Waals surface area contributed by atoms with Gasteiger partial charge in [-0.1, -0.05) is 43.7 Å². The zero-order chi connectivity index (χ0) is 57.3. The SMILES string of the molecule is CC[C@@]1(O)C(=O)OCc2c1cc1n(c2=O)Cc2c-1nc1cc(C)c(C)c3c1c2[C@@H](CC(=O)COCNC(=O)CCC(=O)[C@H](Cc1ccccc1)NC(=O)CCC(=O)[C@H](CCCCN)NC(=O)CCCCCN1C(=O)C=CC1=O)CC3. The molecule has 20 heteroatoms. The van der Waals surface area contributed by atoms with Gasteiger partial charge in [0.1, 0.15) is 19.9 Å². The van der Waals surface area contributed by atoms with Crippen LogP contribution in [0.3, 0.4) is 0 Å². The number of ketones is 3. The van der Waals surface area contributed by atoms with Gasteiger partial charge in [-0.15, -0.1) is 0 Å². The van der Waals surface area contributed by atoms with E-state index in [1.165, 1.54) is 12.2 Å². The minimum absolute atomic E-state index is 0.0118. The molecule has 3 aliphatic heterocycles. The van der Waals surface area contributed by atoms with E-state index < -0.39 is 41.3 Å². The Labute approximate surface area is 463 Å². The van der Waals surface area contributed by atoms with E-state index in [1.807, 2.05) is 31.2 Å². The Morgan fingerprint density at radius 3 is 2.26 bits per heavy atom. The molecule has 0 bridgehead atoms. The highest BCUT2D eigenvalue weighted by Gasteiger charge is 2.46. The van der Waals surface area contributed by atoms with Crippen LogP contribution in [0, 0.1) is 13.8 Å². The van der Waals surface area contributed by atoms with E-state index in [1.54, 1.807) is 29.7 Å². The molecule has 8 rings (SSSR count). The number of carbonyl (C=O) groups excluding carboxylic acids is 9. The highest BCUT2D eigenvalue weighted by Crippen LogP contribution is 2.47. The van der Waals surface area contributed by atoms with Crippen molar-refractivity contribution < 1.29 is 57.7 Å². The maximum atomic E-state index is 14.1. The minimum atomic E-state index is -1.98. The van der Waals surface area contributed by atoms with Crippen LogP contribution < -0.4 is 27.2 Å². The number of fused-ring (bicyclic) bond motifs is 5.